The van der Waals surface area contributed by atoms with Crippen LogP contribution in [0.1, 0.15) is 32.6 Å². The second-order valence-electron chi connectivity index (χ2n) is 7.78. The Morgan fingerprint density at radius 2 is 1.89 bits per heavy atom. The fourth-order valence-electron chi connectivity index (χ4n) is 3.61. The van der Waals surface area contributed by atoms with Crippen LogP contribution in [0.4, 0.5) is 5.69 Å². The van der Waals surface area contributed by atoms with Crippen LogP contribution in [0.25, 0.3) is 6.08 Å². The second kappa shape index (κ2) is 10.3. The molecule has 182 valence electrons. The van der Waals surface area contributed by atoms with Gasteiger partial charge in [-0.25, -0.2) is 14.6 Å². The summed E-state index contributed by atoms with van der Waals surface area (Å²) in [7, 11) is 1.44. The number of rotatable bonds is 6. The van der Waals surface area contributed by atoms with E-state index in [9.17, 15) is 19.7 Å². The Bertz CT molecular complexity index is 1480. The quantitative estimate of drug-likeness (QED) is 0.0933. The van der Waals surface area contributed by atoms with E-state index < -0.39 is 16.9 Å². The number of hydrogen-bond acceptors (Lipinski definition) is 8. The number of carbonyl (C=O) groups excluding carboxylic acids is 2. The number of nitro groups is 1. The van der Waals surface area contributed by atoms with E-state index in [0.29, 0.717) is 31.6 Å². The molecule has 36 heavy (non-hydrogen) atoms. The predicted molar refractivity (Wildman–Crippen MR) is 140 cm³/mol. The van der Waals surface area contributed by atoms with Crippen molar-refractivity contribution in [2.75, 3.05) is 7.11 Å². The molecular formula is C26H19IN2O7. The predicted octanol–water partition coefficient (Wildman–Crippen LogP) is 5.39. The number of esters is 2. The van der Waals surface area contributed by atoms with Gasteiger partial charge in [0.05, 0.1) is 21.2 Å². The van der Waals surface area contributed by atoms with E-state index in [-0.39, 0.29) is 23.0 Å². The van der Waals surface area contributed by atoms with Crippen LogP contribution < -0.4 is 9.47 Å². The second-order valence-corrected chi connectivity index (χ2v) is 8.94. The molecule has 0 amide bonds. The average molecular weight is 598 g/mol. The highest BCUT2D eigenvalue weighted by molar-refractivity contribution is 14.1. The number of benzene rings is 3. The van der Waals surface area contributed by atoms with Crippen molar-refractivity contribution >= 4 is 52.2 Å². The molecule has 0 N–H and O–H groups in total. The largest absolute Gasteiger partial charge is 0.493 e. The monoisotopic (exact) mass is 598 g/mol. The molecule has 1 aliphatic heterocycles. The van der Waals surface area contributed by atoms with Crippen molar-refractivity contribution in [1.82, 2.24) is 0 Å². The molecule has 0 atom stereocenters. The molecule has 0 radical (unpaired) electrons. The molecule has 4 rings (SSSR count). The molecule has 0 spiro atoms. The molecule has 0 aliphatic carbocycles. The van der Waals surface area contributed by atoms with Gasteiger partial charge in [-0.3, -0.25) is 10.1 Å². The summed E-state index contributed by atoms with van der Waals surface area (Å²) in [5.41, 5.74) is 2.38. The van der Waals surface area contributed by atoms with Crippen molar-refractivity contribution < 1.29 is 28.7 Å². The molecular weight excluding hydrogens is 579 g/mol. The fourth-order valence-corrected chi connectivity index (χ4v) is 4.34. The molecule has 1 aliphatic rings. The van der Waals surface area contributed by atoms with E-state index in [1.54, 1.807) is 37.3 Å². The Kier molecular flexibility index (Phi) is 7.15. The zero-order valence-electron chi connectivity index (χ0n) is 19.4. The maximum atomic E-state index is 12.7. The van der Waals surface area contributed by atoms with Gasteiger partial charge < -0.3 is 14.2 Å². The highest BCUT2D eigenvalue weighted by Gasteiger charge is 2.28. The molecule has 0 saturated carbocycles. The number of carbonyl (C=O) groups is 2. The molecule has 9 nitrogen and oxygen atoms in total. The van der Waals surface area contributed by atoms with Gasteiger partial charge in [-0.05, 0) is 77.9 Å². The number of nitrogens with zero attached hydrogens (tertiary/aromatic N) is 2. The SMILES string of the molecule is COc1cc(/C=C2\N=C(c3cccc([N+](=O)[O-])c3C)OC2=O)cc(I)c1OC(=O)c1ccccc1C. The number of methoxy groups -OCH3 is 1. The molecule has 3 aromatic carbocycles. The van der Waals surface area contributed by atoms with Crippen molar-refractivity contribution in [2.24, 2.45) is 4.99 Å². The van der Waals surface area contributed by atoms with Crippen LogP contribution in [0.3, 0.4) is 0 Å². The van der Waals surface area contributed by atoms with Crippen LogP contribution in [0, 0.1) is 27.5 Å². The van der Waals surface area contributed by atoms with Crippen molar-refractivity contribution in [2.45, 2.75) is 13.8 Å². The van der Waals surface area contributed by atoms with Crippen molar-refractivity contribution in [3.8, 4) is 11.5 Å². The summed E-state index contributed by atoms with van der Waals surface area (Å²) < 4.78 is 16.9. The van der Waals surface area contributed by atoms with Crippen molar-refractivity contribution in [1.29, 1.82) is 0 Å². The van der Waals surface area contributed by atoms with Crippen LogP contribution in [0.5, 0.6) is 11.5 Å². The van der Waals surface area contributed by atoms with Crippen LogP contribution >= 0.6 is 22.6 Å². The van der Waals surface area contributed by atoms with Crippen LogP contribution in [-0.2, 0) is 9.53 Å². The number of halogens is 1. The standard InChI is InChI=1S/C26H19IN2O7/c1-14-7-4-5-8-17(14)25(30)35-23-19(27)11-16(13-22(23)34-3)12-20-26(31)36-24(28-20)18-9-6-10-21(15(18)2)29(32)33/h4-13H,1-3H3/b20-12-. The molecule has 0 bridgehead atoms. The summed E-state index contributed by atoms with van der Waals surface area (Å²) in [5.74, 6) is -0.686. The van der Waals surface area contributed by atoms with Gasteiger partial charge in [0.25, 0.3) is 5.69 Å². The first kappa shape index (κ1) is 25.0. The Hall–Kier alpha value is -4.06. The van der Waals surface area contributed by atoms with Crippen molar-refractivity contribution in [3.63, 3.8) is 0 Å². The summed E-state index contributed by atoms with van der Waals surface area (Å²) in [6, 6.07) is 14.9. The number of aliphatic imine (C=N–C) groups is 1. The highest BCUT2D eigenvalue weighted by atomic mass is 127. The zero-order chi connectivity index (χ0) is 26.0. The number of cyclic esters (lactones) is 1. The number of ether oxygens (including phenoxy) is 3. The first-order valence-corrected chi connectivity index (χ1v) is 11.7. The third-order valence-electron chi connectivity index (χ3n) is 5.47. The summed E-state index contributed by atoms with van der Waals surface area (Å²) in [4.78, 5) is 40.2. The molecule has 0 fully saturated rings. The van der Waals surface area contributed by atoms with Crippen LogP contribution in [0.2, 0.25) is 0 Å². The van der Waals surface area contributed by atoms with E-state index in [1.807, 2.05) is 41.6 Å². The number of nitro benzene ring substituents is 1. The van der Waals surface area contributed by atoms with E-state index in [4.69, 9.17) is 14.2 Å². The maximum absolute atomic E-state index is 12.7. The van der Waals surface area contributed by atoms with Crippen LogP contribution in [0.15, 0.2) is 65.3 Å². The normalized spacial score (nSPS) is 13.8. The molecule has 0 unspecified atom stereocenters. The smallest absolute Gasteiger partial charge is 0.363 e. The van der Waals surface area contributed by atoms with Gasteiger partial charge in [-0.1, -0.05) is 24.3 Å². The number of hydrogen-bond donors (Lipinski definition) is 0. The summed E-state index contributed by atoms with van der Waals surface area (Å²) >= 11 is 2.01. The highest BCUT2D eigenvalue weighted by Crippen LogP contribution is 2.36. The Balaban J connectivity index is 1.66. The molecule has 10 heteroatoms. The lowest BCUT2D eigenvalue weighted by atomic mass is 10.1. The maximum Gasteiger partial charge on any atom is 0.363 e. The molecule has 0 aromatic heterocycles. The third kappa shape index (κ3) is 4.98. The summed E-state index contributed by atoms with van der Waals surface area (Å²) in [6.45, 7) is 3.38. The lowest BCUT2D eigenvalue weighted by molar-refractivity contribution is -0.385. The van der Waals surface area contributed by atoms with Gasteiger partial charge >= 0.3 is 11.9 Å². The van der Waals surface area contributed by atoms with E-state index in [0.717, 1.165) is 5.56 Å². The van der Waals surface area contributed by atoms with Gasteiger partial charge in [0, 0.05) is 17.2 Å². The first-order chi connectivity index (χ1) is 17.2. The van der Waals surface area contributed by atoms with Gasteiger partial charge in [-0.15, -0.1) is 0 Å². The van der Waals surface area contributed by atoms with Crippen molar-refractivity contribution in [3.05, 3.63) is 102 Å². The Morgan fingerprint density at radius 3 is 2.58 bits per heavy atom. The first-order valence-electron chi connectivity index (χ1n) is 10.6. The Labute approximate surface area is 219 Å². The third-order valence-corrected chi connectivity index (χ3v) is 6.27. The molecule has 3 aromatic rings. The summed E-state index contributed by atoms with van der Waals surface area (Å²) in [6.07, 6.45) is 1.50. The minimum absolute atomic E-state index is 0.0124. The Morgan fingerprint density at radius 1 is 1.14 bits per heavy atom. The molecule has 1 heterocycles. The fraction of sp³-hybridized carbons (Fsp3) is 0.115. The summed E-state index contributed by atoms with van der Waals surface area (Å²) in [5, 5.41) is 11.2. The van der Waals surface area contributed by atoms with Gasteiger partial charge in [0.2, 0.25) is 5.90 Å². The lowest BCUT2D eigenvalue weighted by Crippen LogP contribution is -2.11. The minimum Gasteiger partial charge on any atom is -0.493 e. The van der Waals surface area contributed by atoms with Gasteiger partial charge in [0.15, 0.2) is 17.2 Å². The minimum atomic E-state index is -0.695. The average Bonchev–Trinajstić information content (AvgIpc) is 3.20. The molecule has 0 saturated heterocycles. The topological polar surface area (TPSA) is 117 Å². The van der Waals surface area contributed by atoms with E-state index in [1.165, 1.54) is 25.3 Å². The number of aryl methyl sites for hydroxylation is 1. The van der Waals surface area contributed by atoms with Gasteiger partial charge in [-0.2, -0.15) is 0 Å². The van der Waals surface area contributed by atoms with Gasteiger partial charge in [0.1, 0.15) is 0 Å². The van der Waals surface area contributed by atoms with E-state index in [2.05, 4.69) is 4.99 Å². The lowest BCUT2D eigenvalue weighted by Gasteiger charge is -2.13. The zero-order valence-corrected chi connectivity index (χ0v) is 21.6. The van der Waals surface area contributed by atoms with Crippen LogP contribution in [-0.4, -0.2) is 29.9 Å². The van der Waals surface area contributed by atoms with E-state index >= 15 is 0 Å².